The molecule has 1 unspecified atom stereocenters. The first kappa shape index (κ1) is 14.6. The summed E-state index contributed by atoms with van der Waals surface area (Å²) in [6.07, 6.45) is 7.56. The van der Waals surface area contributed by atoms with Crippen molar-refractivity contribution in [1.82, 2.24) is 9.55 Å². The fraction of sp³-hybridized carbons (Fsp3) is 0.389. The molecular weight excluding hydrogens is 290 g/mol. The molecule has 2 heterocycles. The number of hydrogen-bond acceptors (Lipinski definition) is 4. The zero-order valence-electron chi connectivity index (χ0n) is 13.0. The second-order valence-corrected chi connectivity index (χ2v) is 6.18. The Morgan fingerprint density at radius 1 is 1.13 bits per heavy atom. The molecule has 4 rings (SSSR count). The lowest BCUT2D eigenvalue weighted by Crippen LogP contribution is -2.30. The van der Waals surface area contributed by atoms with Crippen LogP contribution in [0.15, 0.2) is 48.9 Å². The fourth-order valence-electron chi connectivity index (χ4n) is 3.25. The SMILES string of the molecule is NC1CC=C(c2cncn2C2COC(c3ccccc3)OC2)C1. The number of aromatic nitrogens is 2. The molecule has 0 bridgehead atoms. The van der Waals surface area contributed by atoms with Gasteiger partial charge in [0.2, 0.25) is 0 Å². The van der Waals surface area contributed by atoms with Gasteiger partial charge in [0.15, 0.2) is 6.29 Å². The van der Waals surface area contributed by atoms with Gasteiger partial charge in [-0.2, -0.15) is 0 Å². The Morgan fingerprint density at radius 3 is 2.61 bits per heavy atom. The predicted molar refractivity (Wildman–Crippen MR) is 87.5 cm³/mol. The molecule has 1 aliphatic carbocycles. The molecule has 120 valence electrons. The summed E-state index contributed by atoms with van der Waals surface area (Å²) in [6.45, 7) is 1.23. The van der Waals surface area contributed by atoms with E-state index in [1.54, 1.807) is 0 Å². The monoisotopic (exact) mass is 311 g/mol. The first-order valence-corrected chi connectivity index (χ1v) is 8.06. The molecule has 0 amide bonds. The molecule has 2 aromatic rings. The van der Waals surface area contributed by atoms with Crippen LogP contribution >= 0.6 is 0 Å². The summed E-state index contributed by atoms with van der Waals surface area (Å²) in [5.74, 6) is 0. The molecule has 0 saturated carbocycles. The summed E-state index contributed by atoms with van der Waals surface area (Å²) >= 11 is 0. The van der Waals surface area contributed by atoms with E-state index in [1.807, 2.05) is 42.9 Å². The van der Waals surface area contributed by atoms with Crippen LogP contribution in [0.5, 0.6) is 0 Å². The largest absolute Gasteiger partial charge is 0.346 e. The maximum absolute atomic E-state index is 6.01. The van der Waals surface area contributed by atoms with Gasteiger partial charge in [-0.1, -0.05) is 36.4 Å². The van der Waals surface area contributed by atoms with E-state index >= 15 is 0 Å². The maximum Gasteiger partial charge on any atom is 0.184 e. The number of nitrogens with zero attached hydrogens (tertiary/aromatic N) is 2. The van der Waals surface area contributed by atoms with Crippen LogP contribution in [0.4, 0.5) is 0 Å². The Labute approximate surface area is 135 Å². The lowest BCUT2D eigenvalue weighted by atomic mass is 10.1. The number of nitrogens with two attached hydrogens (primary N) is 1. The molecule has 1 aromatic carbocycles. The van der Waals surface area contributed by atoms with Gasteiger partial charge in [0.05, 0.1) is 37.5 Å². The lowest BCUT2D eigenvalue weighted by molar-refractivity contribution is -0.201. The highest BCUT2D eigenvalue weighted by atomic mass is 16.7. The van der Waals surface area contributed by atoms with Gasteiger partial charge in [0.25, 0.3) is 0 Å². The van der Waals surface area contributed by atoms with E-state index in [2.05, 4.69) is 15.6 Å². The molecule has 1 aliphatic heterocycles. The Kier molecular flexibility index (Phi) is 3.99. The highest BCUT2D eigenvalue weighted by Crippen LogP contribution is 2.32. The van der Waals surface area contributed by atoms with Gasteiger partial charge >= 0.3 is 0 Å². The van der Waals surface area contributed by atoms with Gasteiger partial charge in [0, 0.05) is 11.6 Å². The van der Waals surface area contributed by atoms with Crippen LogP contribution in [0.2, 0.25) is 0 Å². The zero-order valence-corrected chi connectivity index (χ0v) is 13.0. The Morgan fingerprint density at radius 2 is 1.91 bits per heavy atom. The summed E-state index contributed by atoms with van der Waals surface area (Å²) in [5.41, 5.74) is 9.48. The smallest absolute Gasteiger partial charge is 0.184 e. The topological polar surface area (TPSA) is 62.3 Å². The van der Waals surface area contributed by atoms with E-state index in [9.17, 15) is 0 Å². The first-order valence-electron chi connectivity index (χ1n) is 8.06. The quantitative estimate of drug-likeness (QED) is 0.946. The van der Waals surface area contributed by atoms with Gasteiger partial charge in [-0.15, -0.1) is 0 Å². The minimum absolute atomic E-state index is 0.144. The predicted octanol–water partition coefficient (Wildman–Crippen LogP) is 2.67. The number of benzene rings is 1. The summed E-state index contributed by atoms with van der Waals surface area (Å²) in [6, 6.07) is 10.4. The van der Waals surface area contributed by atoms with Crippen molar-refractivity contribution in [2.45, 2.75) is 31.2 Å². The minimum Gasteiger partial charge on any atom is -0.346 e. The third-order valence-electron chi connectivity index (χ3n) is 4.49. The number of ether oxygens (including phenoxy) is 2. The van der Waals surface area contributed by atoms with Crippen LogP contribution in [0.25, 0.3) is 5.57 Å². The van der Waals surface area contributed by atoms with E-state index in [-0.39, 0.29) is 18.4 Å². The van der Waals surface area contributed by atoms with E-state index in [1.165, 1.54) is 5.57 Å². The van der Waals surface area contributed by atoms with Crippen LogP contribution in [-0.2, 0) is 9.47 Å². The van der Waals surface area contributed by atoms with Crippen LogP contribution in [0.1, 0.15) is 36.4 Å². The van der Waals surface area contributed by atoms with Crippen molar-refractivity contribution in [2.24, 2.45) is 5.73 Å². The molecule has 0 radical (unpaired) electrons. The molecule has 0 spiro atoms. The highest BCUT2D eigenvalue weighted by molar-refractivity contribution is 5.65. The lowest BCUT2D eigenvalue weighted by Gasteiger charge is -2.31. The average Bonchev–Trinajstić information content (AvgIpc) is 3.24. The summed E-state index contributed by atoms with van der Waals surface area (Å²) < 4.78 is 14.0. The summed E-state index contributed by atoms with van der Waals surface area (Å²) in [4.78, 5) is 4.31. The van der Waals surface area contributed by atoms with Crippen molar-refractivity contribution in [1.29, 1.82) is 0 Å². The van der Waals surface area contributed by atoms with E-state index in [0.717, 1.165) is 24.1 Å². The minimum atomic E-state index is -0.279. The van der Waals surface area contributed by atoms with E-state index < -0.39 is 0 Å². The first-order chi connectivity index (χ1) is 11.3. The second kappa shape index (κ2) is 6.28. The molecule has 2 N–H and O–H groups in total. The van der Waals surface area contributed by atoms with Crippen molar-refractivity contribution >= 4 is 5.57 Å². The van der Waals surface area contributed by atoms with Crippen molar-refractivity contribution in [3.63, 3.8) is 0 Å². The van der Waals surface area contributed by atoms with Crippen molar-refractivity contribution in [2.75, 3.05) is 13.2 Å². The van der Waals surface area contributed by atoms with Gasteiger partial charge < -0.3 is 19.8 Å². The van der Waals surface area contributed by atoms with Crippen molar-refractivity contribution < 1.29 is 9.47 Å². The fourth-order valence-corrected chi connectivity index (χ4v) is 3.25. The van der Waals surface area contributed by atoms with E-state index in [0.29, 0.717) is 13.2 Å². The molecule has 1 atom stereocenters. The average molecular weight is 311 g/mol. The maximum atomic E-state index is 6.01. The number of hydrogen-bond donors (Lipinski definition) is 1. The summed E-state index contributed by atoms with van der Waals surface area (Å²) in [5, 5.41) is 0. The van der Waals surface area contributed by atoms with Gasteiger partial charge in [-0.25, -0.2) is 4.98 Å². The Bertz CT molecular complexity index is 687. The Balaban J connectivity index is 1.46. The van der Waals surface area contributed by atoms with Crippen LogP contribution < -0.4 is 5.73 Å². The van der Waals surface area contributed by atoms with Gasteiger partial charge in [0.1, 0.15) is 0 Å². The second-order valence-electron chi connectivity index (χ2n) is 6.18. The molecule has 1 fully saturated rings. The van der Waals surface area contributed by atoms with Crippen LogP contribution in [0.3, 0.4) is 0 Å². The molecule has 1 saturated heterocycles. The molecule has 5 nitrogen and oxygen atoms in total. The molecule has 5 heteroatoms. The van der Waals surface area contributed by atoms with Gasteiger partial charge in [-0.3, -0.25) is 0 Å². The Hall–Kier alpha value is -1.95. The number of imidazole rings is 1. The third-order valence-corrected chi connectivity index (χ3v) is 4.49. The van der Waals surface area contributed by atoms with Crippen molar-refractivity contribution in [3.8, 4) is 0 Å². The number of rotatable bonds is 3. The molecule has 1 aromatic heterocycles. The highest BCUT2D eigenvalue weighted by Gasteiger charge is 2.27. The molecule has 23 heavy (non-hydrogen) atoms. The summed E-state index contributed by atoms with van der Waals surface area (Å²) in [7, 11) is 0. The van der Waals surface area contributed by atoms with Crippen molar-refractivity contribution in [3.05, 3.63) is 60.2 Å². The molecular formula is C18H21N3O2. The van der Waals surface area contributed by atoms with E-state index in [4.69, 9.17) is 15.2 Å². The van der Waals surface area contributed by atoms with Crippen LogP contribution in [0, 0.1) is 0 Å². The van der Waals surface area contributed by atoms with Gasteiger partial charge in [-0.05, 0) is 18.4 Å². The third kappa shape index (κ3) is 2.95. The molecule has 2 aliphatic rings. The normalized spacial score (nSPS) is 27.9. The zero-order chi connectivity index (χ0) is 15.6. The standard InChI is InChI=1S/C18H21N3O2/c19-15-7-6-14(8-15)17-9-20-12-21(17)16-10-22-18(23-11-16)13-4-2-1-3-5-13/h1-6,9,12,15-16,18H,7-8,10-11,19H2. The van der Waals surface area contributed by atoms with Crippen LogP contribution in [-0.4, -0.2) is 28.8 Å².